The molecular formula is C32H20ClN3O5. The van der Waals surface area contributed by atoms with E-state index < -0.39 is 39.9 Å². The van der Waals surface area contributed by atoms with Crippen molar-refractivity contribution >= 4 is 40.9 Å². The number of ketones is 3. The van der Waals surface area contributed by atoms with Crippen molar-refractivity contribution in [1.29, 1.82) is 0 Å². The minimum atomic E-state index is -1.81. The zero-order chi connectivity index (χ0) is 28.5. The number of nitro benzene ring substituents is 1. The number of hydrogen-bond donors (Lipinski definition) is 0. The van der Waals surface area contributed by atoms with Gasteiger partial charge in [0.25, 0.3) is 5.69 Å². The maximum absolute atomic E-state index is 14.7. The molecule has 2 aliphatic heterocycles. The minimum absolute atomic E-state index is 0.209. The van der Waals surface area contributed by atoms with Crippen LogP contribution < -0.4 is 0 Å². The number of benzene rings is 4. The van der Waals surface area contributed by atoms with Crippen LogP contribution in [0.2, 0.25) is 5.02 Å². The molecule has 0 radical (unpaired) electrons. The van der Waals surface area contributed by atoms with E-state index in [0.29, 0.717) is 21.7 Å². The lowest BCUT2D eigenvalue weighted by Crippen LogP contribution is -2.43. The van der Waals surface area contributed by atoms with Crippen LogP contribution in [-0.4, -0.2) is 39.5 Å². The van der Waals surface area contributed by atoms with Gasteiger partial charge in [-0.15, -0.1) is 0 Å². The molecule has 9 heteroatoms. The van der Waals surface area contributed by atoms with E-state index in [1.165, 1.54) is 18.2 Å². The molecule has 4 aromatic carbocycles. The standard InChI is InChI=1S/C32H20ClN3O5/c33-21-14-12-18(13-15-21)28(37)27-26(19-7-5-8-22(16-19)36(40)41)32(30(38)24-10-3-4-11-25(24)31(32)39)29-23-9-2-1-6-20(23)17-34-35(27)29/h1-17,26-27,29H/t26-,27-,29+/m1/s1. The monoisotopic (exact) mass is 561 g/mol. The van der Waals surface area contributed by atoms with Crippen LogP contribution in [0.5, 0.6) is 0 Å². The number of hydrogen-bond acceptors (Lipinski definition) is 7. The number of fused-ring (bicyclic) bond motifs is 5. The van der Waals surface area contributed by atoms with Crippen LogP contribution in [0.4, 0.5) is 5.69 Å². The topological polar surface area (TPSA) is 110 Å². The quantitative estimate of drug-likeness (QED) is 0.130. The maximum atomic E-state index is 14.7. The van der Waals surface area contributed by atoms with Crippen LogP contribution in [0.25, 0.3) is 0 Å². The summed E-state index contributed by atoms with van der Waals surface area (Å²) < 4.78 is 0. The lowest BCUT2D eigenvalue weighted by molar-refractivity contribution is -0.384. The number of Topliss-reactive ketones (excluding diaryl/α,β-unsaturated/α-hetero) is 3. The van der Waals surface area contributed by atoms with Crippen molar-refractivity contribution in [3.8, 4) is 0 Å². The first kappa shape index (κ1) is 25.0. The fourth-order valence-corrected chi connectivity index (χ4v) is 6.89. The van der Waals surface area contributed by atoms with Gasteiger partial charge in [0.2, 0.25) is 0 Å². The molecule has 1 aliphatic carbocycles. The van der Waals surface area contributed by atoms with E-state index in [0.717, 1.165) is 5.56 Å². The second kappa shape index (κ2) is 9.04. The van der Waals surface area contributed by atoms with Gasteiger partial charge in [-0.2, -0.15) is 5.10 Å². The van der Waals surface area contributed by atoms with E-state index >= 15 is 0 Å². The summed E-state index contributed by atoms with van der Waals surface area (Å²) in [5.41, 5.74) is 0.567. The molecule has 4 aromatic rings. The molecule has 3 atom stereocenters. The van der Waals surface area contributed by atoms with Gasteiger partial charge in [0.05, 0.1) is 17.2 Å². The summed E-state index contributed by atoms with van der Waals surface area (Å²) in [6, 6.07) is 24.1. The third-order valence-corrected chi connectivity index (χ3v) is 8.67. The molecule has 41 heavy (non-hydrogen) atoms. The highest BCUT2D eigenvalue weighted by Crippen LogP contribution is 2.64. The van der Waals surface area contributed by atoms with Crippen molar-refractivity contribution in [3.05, 3.63) is 146 Å². The second-order valence-electron chi connectivity index (χ2n) is 10.4. The van der Waals surface area contributed by atoms with Crippen LogP contribution in [0.15, 0.2) is 102 Å². The zero-order valence-electron chi connectivity index (χ0n) is 21.3. The highest BCUT2D eigenvalue weighted by atomic mass is 35.5. The van der Waals surface area contributed by atoms with Crippen molar-refractivity contribution in [2.24, 2.45) is 10.5 Å². The average Bonchev–Trinajstić information content (AvgIpc) is 3.43. The molecule has 0 aromatic heterocycles. The van der Waals surface area contributed by atoms with Gasteiger partial charge >= 0.3 is 0 Å². The Morgan fingerprint density at radius 2 is 1.54 bits per heavy atom. The van der Waals surface area contributed by atoms with Crippen molar-refractivity contribution in [2.75, 3.05) is 0 Å². The predicted molar refractivity (Wildman–Crippen MR) is 152 cm³/mol. The Morgan fingerprint density at radius 3 is 2.22 bits per heavy atom. The molecule has 1 spiro atoms. The Bertz CT molecular complexity index is 1800. The zero-order valence-corrected chi connectivity index (χ0v) is 22.1. The van der Waals surface area contributed by atoms with E-state index in [1.54, 1.807) is 65.8 Å². The Kier molecular flexibility index (Phi) is 5.52. The third kappa shape index (κ3) is 3.40. The highest BCUT2D eigenvalue weighted by Gasteiger charge is 2.72. The van der Waals surface area contributed by atoms with Gasteiger partial charge in [-0.05, 0) is 41.0 Å². The molecular weight excluding hydrogens is 542 g/mol. The molecule has 0 unspecified atom stereocenters. The first-order valence-corrected chi connectivity index (χ1v) is 13.4. The number of carbonyl (C=O) groups excluding carboxylic acids is 3. The molecule has 1 saturated heterocycles. The Morgan fingerprint density at radius 1 is 0.878 bits per heavy atom. The smallest absolute Gasteiger partial charge is 0.269 e. The number of hydrazone groups is 1. The van der Waals surface area contributed by atoms with Crippen molar-refractivity contribution in [2.45, 2.75) is 18.0 Å². The van der Waals surface area contributed by atoms with Crippen LogP contribution >= 0.6 is 11.6 Å². The Labute approximate surface area is 239 Å². The van der Waals surface area contributed by atoms with Crippen molar-refractivity contribution in [1.82, 2.24) is 5.01 Å². The lowest BCUT2D eigenvalue weighted by atomic mass is 9.63. The largest absolute Gasteiger partial charge is 0.293 e. The van der Waals surface area contributed by atoms with Gasteiger partial charge in [0.15, 0.2) is 17.3 Å². The molecule has 0 saturated carbocycles. The average molecular weight is 562 g/mol. The number of nitro groups is 1. The summed E-state index contributed by atoms with van der Waals surface area (Å²) in [7, 11) is 0. The van der Waals surface area contributed by atoms with Crippen LogP contribution in [-0.2, 0) is 0 Å². The number of carbonyl (C=O) groups is 3. The number of non-ortho nitro benzene ring substituents is 1. The van der Waals surface area contributed by atoms with E-state index in [1.807, 2.05) is 24.3 Å². The maximum Gasteiger partial charge on any atom is 0.269 e. The summed E-state index contributed by atoms with van der Waals surface area (Å²) in [6.45, 7) is 0. The van der Waals surface area contributed by atoms with Gasteiger partial charge in [-0.3, -0.25) is 29.5 Å². The minimum Gasteiger partial charge on any atom is -0.293 e. The molecule has 3 aliphatic rings. The lowest BCUT2D eigenvalue weighted by Gasteiger charge is -2.36. The van der Waals surface area contributed by atoms with E-state index in [4.69, 9.17) is 11.6 Å². The first-order valence-electron chi connectivity index (χ1n) is 13.0. The van der Waals surface area contributed by atoms with E-state index in [2.05, 4.69) is 5.10 Å². The summed E-state index contributed by atoms with van der Waals surface area (Å²) in [5, 5.41) is 18.5. The molecule has 2 heterocycles. The van der Waals surface area contributed by atoms with Crippen molar-refractivity contribution in [3.63, 3.8) is 0 Å². The fraction of sp³-hybridized carbons (Fsp3) is 0.125. The number of rotatable bonds is 4. The fourth-order valence-electron chi connectivity index (χ4n) is 6.77. The predicted octanol–water partition coefficient (Wildman–Crippen LogP) is 6.05. The van der Waals surface area contributed by atoms with Crippen molar-refractivity contribution < 1.29 is 19.3 Å². The molecule has 0 amide bonds. The van der Waals surface area contributed by atoms with Crippen LogP contribution in [0.3, 0.4) is 0 Å². The Hall–Kier alpha value is -4.95. The molecule has 1 fully saturated rings. The summed E-state index contributed by atoms with van der Waals surface area (Å²) in [5.74, 6) is -2.33. The molecule has 200 valence electrons. The molecule has 0 N–H and O–H groups in total. The summed E-state index contributed by atoms with van der Waals surface area (Å²) in [4.78, 5) is 55.1. The highest BCUT2D eigenvalue weighted by molar-refractivity contribution is 6.32. The summed E-state index contributed by atoms with van der Waals surface area (Å²) >= 11 is 6.10. The normalized spacial score (nSPS) is 21.5. The van der Waals surface area contributed by atoms with E-state index in [9.17, 15) is 24.5 Å². The number of nitrogens with zero attached hydrogens (tertiary/aromatic N) is 3. The van der Waals surface area contributed by atoms with Crippen LogP contribution in [0.1, 0.15) is 59.7 Å². The molecule has 0 bridgehead atoms. The molecule has 7 rings (SSSR count). The van der Waals surface area contributed by atoms with Crippen LogP contribution in [0, 0.1) is 15.5 Å². The number of halogens is 1. The van der Waals surface area contributed by atoms with Gasteiger partial charge < -0.3 is 0 Å². The molecule has 8 nitrogen and oxygen atoms in total. The van der Waals surface area contributed by atoms with Gasteiger partial charge in [0, 0.05) is 39.8 Å². The first-order chi connectivity index (χ1) is 19.8. The van der Waals surface area contributed by atoms with Gasteiger partial charge in [-0.1, -0.05) is 72.3 Å². The SMILES string of the molecule is O=C(c1ccc(Cl)cc1)[C@H]1[C@@H](c2cccc([N+](=O)[O-])c2)C2(C(=O)c3ccccc3C2=O)[C@@H]2c3ccccc3C=NN21. The summed E-state index contributed by atoms with van der Waals surface area (Å²) in [6.07, 6.45) is 1.62. The third-order valence-electron chi connectivity index (χ3n) is 8.41. The van der Waals surface area contributed by atoms with Gasteiger partial charge in [-0.25, -0.2) is 0 Å². The Balaban J connectivity index is 1.56. The van der Waals surface area contributed by atoms with Gasteiger partial charge in [0.1, 0.15) is 11.5 Å². The van der Waals surface area contributed by atoms with E-state index in [-0.39, 0.29) is 22.6 Å². The second-order valence-corrected chi connectivity index (χ2v) is 10.8.